The van der Waals surface area contributed by atoms with Crippen LogP contribution in [0.5, 0.6) is 5.75 Å². The van der Waals surface area contributed by atoms with Crippen molar-refractivity contribution in [2.24, 2.45) is 0 Å². The third-order valence-electron chi connectivity index (χ3n) is 3.67. The zero-order chi connectivity index (χ0) is 18.5. The minimum Gasteiger partial charge on any atom is -0.486 e. The molecule has 0 saturated heterocycles. The van der Waals surface area contributed by atoms with Crippen LogP contribution in [-0.2, 0) is 6.61 Å². The number of ether oxygens (including phenoxy) is 1. The van der Waals surface area contributed by atoms with Crippen LogP contribution in [0.1, 0.15) is 41.6 Å². The second-order valence-electron chi connectivity index (χ2n) is 5.82. The van der Waals surface area contributed by atoms with Crippen molar-refractivity contribution in [1.29, 1.82) is 0 Å². The van der Waals surface area contributed by atoms with E-state index in [-0.39, 0.29) is 17.1 Å². The molecule has 0 aliphatic heterocycles. The number of nitrogens with zero attached hydrogens (tertiary/aromatic N) is 4. The van der Waals surface area contributed by atoms with Crippen LogP contribution in [0.2, 0.25) is 0 Å². The molecule has 0 fully saturated rings. The highest BCUT2D eigenvalue weighted by molar-refractivity contribution is 7.71. The van der Waals surface area contributed by atoms with Gasteiger partial charge in [-0.25, -0.2) is 9.66 Å². The van der Waals surface area contributed by atoms with Gasteiger partial charge in [-0.05, 0) is 35.8 Å². The Morgan fingerprint density at radius 3 is 2.73 bits per heavy atom. The highest BCUT2D eigenvalue weighted by atomic mass is 32.1. The fourth-order valence-electron chi connectivity index (χ4n) is 2.21. The number of benzene rings is 1. The maximum Gasteiger partial charge on any atom is 0.290 e. The molecule has 1 aromatic carbocycles. The van der Waals surface area contributed by atoms with Crippen molar-refractivity contribution in [1.82, 2.24) is 24.8 Å². The van der Waals surface area contributed by atoms with Crippen molar-refractivity contribution >= 4 is 18.1 Å². The maximum absolute atomic E-state index is 12.2. The Balaban J connectivity index is 1.70. The minimum absolute atomic E-state index is 0.134. The minimum atomic E-state index is -0.446. The van der Waals surface area contributed by atoms with Crippen LogP contribution < -0.4 is 10.2 Å². The van der Waals surface area contributed by atoms with Gasteiger partial charge in [0.15, 0.2) is 5.82 Å². The van der Waals surface area contributed by atoms with E-state index in [1.54, 1.807) is 0 Å². The third-order valence-corrected chi connectivity index (χ3v) is 3.94. The summed E-state index contributed by atoms with van der Waals surface area (Å²) in [6.07, 6.45) is 4.30. The second kappa shape index (κ2) is 7.87. The summed E-state index contributed by atoms with van der Waals surface area (Å²) in [7, 11) is 0. The van der Waals surface area contributed by atoms with Gasteiger partial charge in [0.2, 0.25) is 4.77 Å². The fourth-order valence-corrected chi connectivity index (χ4v) is 2.41. The van der Waals surface area contributed by atoms with E-state index < -0.39 is 5.91 Å². The zero-order valence-electron chi connectivity index (χ0n) is 14.3. The highest BCUT2D eigenvalue weighted by Crippen LogP contribution is 2.19. The number of nitrogens with one attached hydrogen (secondary N) is 2. The molecule has 0 spiro atoms. The van der Waals surface area contributed by atoms with Crippen LogP contribution in [-0.4, -0.2) is 30.7 Å². The Bertz CT molecular complexity index is 934. The zero-order valence-corrected chi connectivity index (χ0v) is 15.2. The van der Waals surface area contributed by atoms with E-state index in [9.17, 15) is 4.79 Å². The Kier molecular flexibility index (Phi) is 5.37. The molecule has 3 aromatic rings. The van der Waals surface area contributed by atoms with E-state index >= 15 is 0 Å². The monoisotopic (exact) mass is 370 g/mol. The molecule has 0 unspecified atom stereocenters. The predicted molar refractivity (Wildman–Crippen MR) is 98.0 cm³/mol. The highest BCUT2D eigenvalue weighted by Gasteiger charge is 2.13. The van der Waals surface area contributed by atoms with Gasteiger partial charge in [-0.3, -0.25) is 20.3 Å². The molecular weight excluding hydrogens is 352 g/mol. The van der Waals surface area contributed by atoms with Gasteiger partial charge >= 0.3 is 0 Å². The van der Waals surface area contributed by atoms with Crippen molar-refractivity contribution < 1.29 is 9.53 Å². The number of amides is 1. The molecule has 0 atom stereocenters. The Labute approximate surface area is 155 Å². The number of aromatic nitrogens is 5. The number of hydrogen-bond donors (Lipinski definition) is 2. The average Bonchev–Trinajstić information content (AvgIpc) is 3.01. The Hall–Kier alpha value is -3.07. The first-order chi connectivity index (χ1) is 12.5. The topological polar surface area (TPSA) is 97.7 Å². The van der Waals surface area contributed by atoms with E-state index in [4.69, 9.17) is 17.0 Å². The molecule has 3 rings (SSSR count). The normalized spacial score (nSPS) is 10.7. The Morgan fingerprint density at radius 1 is 1.31 bits per heavy atom. The molecule has 134 valence electrons. The molecule has 0 radical (unpaired) electrons. The smallest absolute Gasteiger partial charge is 0.290 e. The molecule has 1 amide bonds. The summed E-state index contributed by atoms with van der Waals surface area (Å²) in [5.74, 6) is 1.14. The molecule has 0 aliphatic carbocycles. The van der Waals surface area contributed by atoms with Crippen molar-refractivity contribution in [3.05, 3.63) is 64.7 Å². The standard InChI is InChI=1S/C17H18N6O2S/c1-11(2)12-3-5-13(6-4-12)25-10-15-20-21-17(26)23(15)22-16(24)14-9-18-7-8-19-14/h3-9,11H,10H2,1-2H3,(H,21,26)(H,22,24). The van der Waals surface area contributed by atoms with E-state index in [1.807, 2.05) is 24.3 Å². The van der Waals surface area contributed by atoms with Crippen LogP contribution in [0, 0.1) is 4.77 Å². The Morgan fingerprint density at radius 2 is 2.08 bits per heavy atom. The van der Waals surface area contributed by atoms with Crippen LogP contribution in [0.25, 0.3) is 0 Å². The molecule has 8 nitrogen and oxygen atoms in total. The van der Waals surface area contributed by atoms with Gasteiger partial charge in [0.05, 0.1) is 6.20 Å². The summed E-state index contributed by atoms with van der Waals surface area (Å²) < 4.78 is 7.34. The SMILES string of the molecule is CC(C)c1ccc(OCc2n[nH]c(=S)n2NC(=O)c2cnccn2)cc1. The lowest BCUT2D eigenvalue weighted by molar-refractivity contribution is 0.100. The van der Waals surface area contributed by atoms with Crippen LogP contribution in [0.3, 0.4) is 0 Å². The summed E-state index contributed by atoms with van der Waals surface area (Å²) in [6.45, 7) is 4.40. The van der Waals surface area contributed by atoms with Crippen molar-refractivity contribution in [2.75, 3.05) is 5.43 Å². The van der Waals surface area contributed by atoms with E-state index in [0.29, 0.717) is 17.5 Å². The summed E-state index contributed by atoms with van der Waals surface area (Å²) in [6, 6.07) is 7.85. The molecule has 0 saturated carbocycles. The lowest BCUT2D eigenvalue weighted by Crippen LogP contribution is -2.26. The lowest BCUT2D eigenvalue weighted by Gasteiger charge is -2.10. The molecule has 9 heteroatoms. The summed E-state index contributed by atoms with van der Waals surface area (Å²) in [5.41, 5.74) is 4.04. The van der Waals surface area contributed by atoms with E-state index in [1.165, 1.54) is 28.8 Å². The van der Waals surface area contributed by atoms with Crippen LogP contribution in [0.15, 0.2) is 42.9 Å². The van der Waals surface area contributed by atoms with Gasteiger partial charge in [-0.1, -0.05) is 26.0 Å². The van der Waals surface area contributed by atoms with Crippen LogP contribution >= 0.6 is 12.2 Å². The first-order valence-electron chi connectivity index (χ1n) is 8.01. The van der Waals surface area contributed by atoms with Gasteiger partial charge in [0.25, 0.3) is 5.91 Å². The van der Waals surface area contributed by atoms with Crippen molar-refractivity contribution in [2.45, 2.75) is 26.4 Å². The van der Waals surface area contributed by atoms with Gasteiger partial charge in [0.1, 0.15) is 18.1 Å². The predicted octanol–water partition coefficient (Wildman–Crippen LogP) is 2.82. The average molecular weight is 370 g/mol. The molecule has 2 aromatic heterocycles. The van der Waals surface area contributed by atoms with Gasteiger partial charge in [-0.2, -0.15) is 5.10 Å². The van der Waals surface area contributed by atoms with Gasteiger partial charge < -0.3 is 4.74 Å². The number of H-pyrrole nitrogens is 1. The molecule has 0 bridgehead atoms. The number of hydrogen-bond acceptors (Lipinski definition) is 6. The summed E-state index contributed by atoms with van der Waals surface area (Å²) >= 11 is 5.16. The number of aromatic amines is 1. The van der Waals surface area contributed by atoms with E-state index in [2.05, 4.69) is 39.4 Å². The first-order valence-corrected chi connectivity index (χ1v) is 8.42. The largest absolute Gasteiger partial charge is 0.486 e. The van der Waals surface area contributed by atoms with Gasteiger partial charge in [0, 0.05) is 12.4 Å². The maximum atomic E-state index is 12.2. The van der Waals surface area contributed by atoms with Crippen molar-refractivity contribution in [3.8, 4) is 5.75 Å². The van der Waals surface area contributed by atoms with Gasteiger partial charge in [-0.15, -0.1) is 0 Å². The summed E-state index contributed by atoms with van der Waals surface area (Å²) in [5, 5.41) is 6.73. The number of carbonyl (C=O) groups excluding carboxylic acids is 1. The molecule has 26 heavy (non-hydrogen) atoms. The second-order valence-corrected chi connectivity index (χ2v) is 6.21. The fraction of sp³-hybridized carbons (Fsp3) is 0.235. The van der Waals surface area contributed by atoms with Crippen LogP contribution in [0.4, 0.5) is 0 Å². The molecule has 2 heterocycles. The molecular formula is C17H18N6O2S. The number of carbonyl (C=O) groups is 1. The summed E-state index contributed by atoms with van der Waals surface area (Å²) in [4.78, 5) is 20.0. The molecule has 2 N–H and O–H groups in total. The first kappa shape index (κ1) is 17.7. The molecule has 0 aliphatic rings. The quantitative estimate of drug-likeness (QED) is 0.648. The lowest BCUT2D eigenvalue weighted by atomic mass is 10.0. The van der Waals surface area contributed by atoms with Crippen molar-refractivity contribution in [3.63, 3.8) is 0 Å². The number of rotatable bonds is 6. The third kappa shape index (κ3) is 4.12. The van der Waals surface area contributed by atoms with E-state index in [0.717, 1.165) is 0 Å².